The molecule has 0 saturated heterocycles. The predicted octanol–water partition coefficient (Wildman–Crippen LogP) is 3.10. The van der Waals surface area contributed by atoms with E-state index in [0.29, 0.717) is 18.1 Å². The van der Waals surface area contributed by atoms with Crippen LogP contribution < -0.4 is 9.47 Å². The van der Waals surface area contributed by atoms with E-state index in [1.54, 1.807) is 24.3 Å². The summed E-state index contributed by atoms with van der Waals surface area (Å²) in [6, 6.07) is 18.6. The van der Waals surface area contributed by atoms with Crippen molar-refractivity contribution in [2.45, 2.75) is 19.6 Å². The molecule has 2 aromatic carbocycles. The van der Waals surface area contributed by atoms with Crippen molar-refractivity contribution in [1.82, 2.24) is 0 Å². The molecule has 0 bridgehead atoms. The number of hydrogen-bond acceptors (Lipinski definition) is 5. The quantitative estimate of drug-likeness (QED) is 0.735. The second kappa shape index (κ2) is 8.44. The van der Waals surface area contributed by atoms with E-state index in [2.05, 4.69) is 0 Å². The maximum absolute atomic E-state index is 11.4. The third-order valence-electron chi connectivity index (χ3n) is 2.92. The Bertz CT molecular complexity index is 662. The van der Waals surface area contributed by atoms with Gasteiger partial charge in [-0.2, -0.15) is 5.26 Å². The molecule has 2 aromatic rings. The van der Waals surface area contributed by atoms with Crippen molar-refractivity contribution >= 4 is 5.97 Å². The zero-order chi connectivity index (χ0) is 16.5. The van der Waals surface area contributed by atoms with Gasteiger partial charge in [0, 0.05) is 0 Å². The number of ether oxygens (including phenoxy) is 3. The minimum absolute atomic E-state index is 0.240. The Kier molecular flexibility index (Phi) is 6.01. The Hall–Kier alpha value is -3.00. The van der Waals surface area contributed by atoms with Crippen LogP contribution in [-0.4, -0.2) is 18.7 Å². The molecule has 0 aromatic heterocycles. The number of nitrogens with zero attached hydrogens (tertiary/aromatic N) is 1. The monoisotopic (exact) mass is 311 g/mol. The average Bonchev–Trinajstić information content (AvgIpc) is 2.60. The van der Waals surface area contributed by atoms with Crippen molar-refractivity contribution in [1.29, 1.82) is 5.26 Å². The minimum atomic E-state index is -0.778. The van der Waals surface area contributed by atoms with E-state index in [-0.39, 0.29) is 6.61 Å². The highest BCUT2D eigenvalue weighted by Gasteiger charge is 2.09. The van der Waals surface area contributed by atoms with Crippen LogP contribution in [0.3, 0.4) is 0 Å². The maximum Gasteiger partial charge on any atom is 0.345 e. The number of esters is 1. The van der Waals surface area contributed by atoms with Crippen LogP contribution >= 0.6 is 0 Å². The van der Waals surface area contributed by atoms with Gasteiger partial charge in [0.25, 0.3) is 0 Å². The van der Waals surface area contributed by atoms with Crippen molar-refractivity contribution in [3.8, 4) is 17.6 Å². The van der Waals surface area contributed by atoms with Gasteiger partial charge in [-0.1, -0.05) is 30.3 Å². The Balaban J connectivity index is 1.78. The molecule has 0 fully saturated rings. The molecule has 0 spiro atoms. The second-order valence-corrected chi connectivity index (χ2v) is 4.80. The summed E-state index contributed by atoms with van der Waals surface area (Å²) in [4.78, 5) is 11.4. The molecule has 0 aliphatic carbocycles. The number of hydrogen-bond donors (Lipinski definition) is 0. The first-order valence-corrected chi connectivity index (χ1v) is 7.16. The molecule has 1 atom stereocenters. The van der Waals surface area contributed by atoms with Gasteiger partial charge in [0.1, 0.15) is 24.2 Å². The lowest BCUT2D eigenvalue weighted by molar-refractivity contribution is -0.148. The third kappa shape index (κ3) is 5.71. The highest BCUT2D eigenvalue weighted by Crippen LogP contribution is 2.18. The maximum atomic E-state index is 11.4. The number of benzene rings is 2. The number of carbonyl (C=O) groups excluding carboxylic acids is 1. The highest BCUT2D eigenvalue weighted by atomic mass is 16.6. The SMILES string of the molecule is C[C@@H](C#N)OC(=O)COc1ccc(OCc2ccccc2)cc1. The van der Waals surface area contributed by atoms with Crippen LogP contribution in [-0.2, 0) is 16.1 Å². The molecule has 0 N–H and O–H groups in total. The number of nitriles is 1. The molecule has 0 aliphatic heterocycles. The topological polar surface area (TPSA) is 68.5 Å². The van der Waals surface area contributed by atoms with Gasteiger partial charge >= 0.3 is 5.97 Å². The first-order chi connectivity index (χ1) is 11.2. The van der Waals surface area contributed by atoms with Crippen molar-refractivity contribution in [3.63, 3.8) is 0 Å². The van der Waals surface area contributed by atoms with Gasteiger partial charge in [-0.25, -0.2) is 4.79 Å². The van der Waals surface area contributed by atoms with E-state index < -0.39 is 12.1 Å². The zero-order valence-corrected chi connectivity index (χ0v) is 12.8. The fourth-order valence-corrected chi connectivity index (χ4v) is 1.77. The summed E-state index contributed by atoms with van der Waals surface area (Å²) in [7, 11) is 0. The summed E-state index contributed by atoms with van der Waals surface area (Å²) in [5, 5.41) is 8.55. The molecule has 0 aliphatic rings. The van der Waals surface area contributed by atoms with E-state index in [1.807, 2.05) is 36.4 Å². The van der Waals surface area contributed by atoms with E-state index in [4.69, 9.17) is 19.5 Å². The van der Waals surface area contributed by atoms with Gasteiger partial charge in [-0.05, 0) is 36.8 Å². The molecule has 5 heteroatoms. The summed E-state index contributed by atoms with van der Waals surface area (Å²) in [6.07, 6.45) is -0.778. The van der Waals surface area contributed by atoms with Gasteiger partial charge in [0.2, 0.25) is 0 Å². The largest absolute Gasteiger partial charge is 0.489 e. The van der Waals surface area contributed by atoms with Crippen LogP contribution in [0, 0.1) is 11.3 Å². The molecule has 0 unspecified atom stereocenters. The summed E-state index contributed by atoms with van der Waals surface area (Å²) < 4.78 is 15.7. The van der Waals surface area contributed by atoms with Crippen LogP contribution in [0.15, 0.2) is 54.6 Å². The Morgan fingerprint density at radius 3 is 2.26 bits per heavy atom. The summed E-state index contributed by atoms with van der Waals surface area (Å²) in [5.41, 5.74) is 1.09. The molecule has 23 heavy (non-hydrogen) atoms. The molecule has 118 valence electrons. The number of rotatable bonds is 7. The normalized spacial score (nSPS) is 11.1. The Labute approximate surface area is 135 Å². The molecular weight excluding hydrogens is 294 g/mol. The van der Waals surface area contributed by atoms with Gasteiger partial charge in [-0.3, -0.25) is 0 Å². The smallest absolute Gasteiger partial charge is 0.345 e. The molecule has 0 saturated carbocycles. The van der Waals surface area contributed by atoms with E-state index >= 15 is 0 Å². The Morgan fingerprint density at radius 1 is 1.04 bits per heavy atom. The predicted molar refractivity (Wildman–Crippen MR) is 83.9 cm³/mol. The van der Waals surface area contributed by atoms with Crippen molar-refractivity contribution < 1.29 is 19.0 Å². The molecular formula is C18H17NO4. The van der Waals surface area contributed by atoms with Crippen molar-refractivity contribution in [2.75, 3.05) is 6.61 Å². The Morgan fingerprint density at radius 2 is 1.65 bits per heavy atom. The van der Waals surface area contributed by atoms with Gasteiger partial charge in [0.15, 0.2) is 12.7 Å². The van der Waals surface area contributed by atoms with Gasteiger partial charge < -0.3 is 14.2 Å². The highest BCUT2D eigenvalue weighted by molar-refractivity contribution is 5.71. The van der Waals surface area contributed by atoms with Crippen LogP contribution in [0.25, 0.3) is 0 Å². The van der Waals surface area contributed by atoms with Gasteiger partial charge in [-0.15, -0.1) is 0 Å². The standard InChI is InChI=1S/C18H17NO4/c1-14(11-19)23-18(20)13-22-17-9-7-16(8-10-17)21-12-15-5-3-2-4-6-15/h2-10,14H,12-13H2,1H3/t14-/m0/s1. The average molecular weight is 311 g/mol. The first kappa shape index (κ1) is 16.4. The summed E-state index contributed by atoms with van der Waals surface area (Å²) in [6.45, 7) is 1.74. The first-order valence-electron chi connectivity index (χ1n) is 7.16. The minimum Gasteiger partial charge on any atom is -0.489 e. The van der Waals surface area contributed by atoms with E-state index in [9.17, 15) is 4.79 Å². The molecule has 2 rings (SSSR count). The molecule has 5 nitrogen and oxygen atoms in total. The van der Waals surface area contributed by atoms with Crippen LogP contribution in [0.2, 0.25) is 0 Å². The molecule has 0 radical (unpaired) electrons. The number of carbonyl (C=O) groups is 1. The van der Waals surface area contributed by atoms with E-state index in [1.165, 1.54) is 6.92 Å². The molecule has 0 amide bonds. The lowest BCUT2D eigenvalue weighted by Gasteiger charge is -2.09. The third-order valence-corrected chi connectivity index (χ3v) is 2.92. The summed E-state index contributed by atoms with van der Waals surface area (Å²) in [5.74, 6) is 0.656. The lowest BCUT2D eigenvalue weighted by atomic mass is 10.2. The molecule has 0 heterocycles. The van der Waals surface area contributed by atoms with E-state index in [0.717, 1.165) is 5.56 Å². The van der Waals surface area contributed by atoms with Gasteiger partial charge in [0.05, 0.1) is 0 Å². The fraction of sp³-hybridized carbons (Fsp3) is 0.222. The lowest BCUT2D eigenvalue weighted by Crippen LogP contribution is -2.19. The van der Waals surface area contributed by atoms with Crippen LogP contribution in [0.4, 0.5) is 0 Å². The van der Waals surface area contributed by atoms with Crippen molar-refractivity contribution in [3.05, 3.63) is 60.2 Å². The summed E-state index contributed by atoms with van der Waals surface area (Å²) >= 11 is 0. The second-order valence-electron chi connectivity index (χ2n) is 4.80. The zero-order valence-electron chi connectivity index (χ0n) is 12.8. The fourth-order valence-electron chi connectivity index (χ4n) is 1.77. The van der Waals surface area contributed by atoms with Crippen molar-refractivity contribution in [2.24, 2.45) is 0 Å². The van der Waals surface area contributed by atoms with Crippen LogP contribution in [0.1, 0.15) is 12.5 Å². The van der Waals surface area contributed by atoms with Crippen LogP contribution in [0.5, 0.6) is 11.5 Å².